The monoisotopic (exact) mass is 258 g/mol. The number of carbonyl (C=O) groups excluding carboxylic acids is 1. The molecule has 104 valence electrons. The van der Waals surface area contributed by atoms with Gasteiger partial charge in [0.05, 0.1) is 5.92 Å². The molecule has 1 aliphatic heterocycles. The molecule has 2 atom stereocenters. The third-order valence-electron chi connectivity index (χ3n) is 2.93. The van der Waals surface area contributed by atoms with Gasteiger partial charge < -0.3 is 20.5 Å². The van der Waals surface area contributed by atoms with Gasteiger partial charge in [-0.2, -0.15) is 0 Å². The summed E-state index contributed by atoms with van der Waals surface area (Å²) in [4.78, 5) is 24.4. The molecule has 1 rings (SSSR count). The van der Waals surface area contributed by atoms with Crippen LogP contribution in [0.25, 0.3) is 0 Å². The molecule has 0 bridgehead atoms. The molecule has 3 N–H and O–H groups in total. The topological polar surface area (TPSA) is 92.9 Å². The Balaban J connectivity index is 2.61. The van der Waals surface area contributed by atoms with Crippen LogP contribution in [0.15, 0.2) is 0 Å². The Hall–Kier alpha value is -1.30. The molecule has 6 heteroatoms. The van der Waals surface area contributed by atoms with Crippen molar-refractivity contribution < 1.29 is 19.4 Å². The van der Waals surface area contributed by atoms with Crippen molar-refractivity contribution in [3.8, 4) is 0 Å². The Labute approximate surface area is 107 Å². The van der Waals surface area contributed by atoms with Gasteiger partial charge in [-0.1, -0.05) is 0 Å². The predicted octanol–water partition coefficient (Wildman–Crippen LogP) is 1.05. The van der Waals surface area contributed by atoms with Crippen molar-refractivity contribution in [3.05, 3.63) is 0 Å². The molecule has 18 heavy (non-hydrogen) atoms. The number of aliphatic carboxylic acids is 1. The van der Waals surface area contributed by atoms with E-state index in [2.05, 4.69) is 0 Å². The maximum absolute atomic E-state index is 11.9. The van der Waals surface area contributed by atoms with Crippen molar-refractivity contribution in [3.63, 3.8) is 0 Å². The molecule has 0 aromatic rings. The number of carboxylic acid groups (broad SMARTS) is 1. The number of nitrogens with two attached hydrogens (primary N) is 1. The summed E-state index contributed by atoms with van der Waals surface area (Å²) in [6.07, 6.45) is 0.451. The molecule has 0 aliphatic carbocycles. The molecular formula is C12H22N2O4. The molecule has 0 saturated carbocycles. The molecule has 6 nitrogen and oxygen atoms in total. The number of amides is 1. The lowest BCUT2D eigenvalue weighted by Crippen LogP contribution is -2.37. The smallest absolute Gasteiger partial charge is 0.410 e. The third kappa shape index (κ3) is 4.18. The average molecular weight is 258 g/mol. The first-order chi connectivity index (χ1) is 8.20. The minimum Gasteiger partial charge on any atom is -0.481 e. The van der Waals surface area contributed by atoms with Gasteiger partial charge in [-0.15, -0.1) is 0 Å². The number of ether oxygens (including phenoxy) is 1. The van der Waals surface area contributed by atoms with E-state index in [0.717, 1.165) is 0 Å². The number of carboxylic acids is 1. The van der Waals surface area contributed by atoms with Crippen molar-refractivity contribution in [2.45, 2.75) is 45.3 Å². The fourth-order valence-electron chi connectivity index (χ4n) is 1.94. The van der Waals surface area contributed by atoms with Gasteiger partial charge in [-0.25, -0.2) is 4.79 Å². The highest BCUT2D eigenvalue weighted by molar-refractivity contribution is 5.72. The van der Waals surface area contributed by atoms with E-state index in [1.54, 1.807) is 20.8 Å². The fourth-order valence-corrected chi connectivity index (χ4v) is 1.94. The maximum Gasteiger partial charge on any atom is 0.410 e. The van der Waals surface area contributed by atoms with Gasteiger partial charge in [-0.3, -0.25) is 4.79 Å². The largest absolute Gasteiger partial charge is 0.481 e. The highest BCUT2D eigenvalue weighted by Gasteiger charge is 2.32. The van der Waals surface area contributed by atoms with E-state index in [4.69, 9.17) is 15.6 Å². The summed E-state index contributed by atoms with van der Waals surface area (Å²) in [6.45, 7) is 6.22. The van der Waals surface area contributed by atoms with Crippen LogP contribution in [0.4, 0.5) is 4.79 Å². The number of likely N-dealkylation sites (tertiary alicyclic amines) is 1. The highest BCUT2D eigenvalue weighted by atomic mass is 16.6. The number of hydrogen-bond acceptors (Lipinski definition) is 4. The SMILES string of the molecule is CC(C)(C)OC(=O)N1CC[C@@H](N)[C@@H](C(=O)O)CC1. The van der Waals surface area contributed by atoms with E-state index in [1.807, 2.05) is 0 Å². The summed E-state index contributed by atoms with van der Waals surface area (Å²) in [7, 11) is 0. The lowest BCUT2D eigenvalue weighted by atomic mass is 9.96. The van der Waals surface area contributed by atoms with Gasteiger partial charge in [0.2, 0.25) is 0 Å². The normalized spacial score (nSPS) is 25.4. The van der Waals surface area contributed by atoms with E-state index in [-0.39, 0.29) is 0 Å². The molecule has 1 fully saturated rings. The Kier molecular flexibility index (Phi) is 4.56. The summed E-state index contributed by atoms with van der Waals surface area (Å²) in [5, 5.41) is 9.03. The molecule has 0 unspecified atom stereocenters. The van der Waals surface area contributed by atoms with Crippen molar-refractivity contribution in [2.24, 2.45) is 11.7 Å². The molecule has 1 saturated heterocycles. The summed E-state index contributed by atoms with van der Waals surface area (Å²) < 4.78 is 5.26. The molecule has 0 aromatic heterocycles. The van der Waals surface area contributed by atoms with Crippen LogP contribution in [-0.2, 0) is 9.53 Å². The standard InChI is InChI=1S/C12H22N2O4/c1-12(2,3)18-11(17)14-6-4-8(10(15)16)9(13)5-7-14/h8-9H,4-7,13H2,1-3H3,(H,15,16)/t8-,9+/m0/s1. The number of carbonyl (C=O) groups is 2. The second kappa shape index (κ2) is 5.56. The summed E-state index contributed by atoms with van der Waals surface area (Å²) >= 11 is 0. The zero-order valence-corrected chi connectivity index (χ0v) is 11.2. The van der Waals surface area contributed by atoms with Crippen LogP contribution in [-0.4, -0.2) is 46.8 Å². The highest BCUT2D eigenvalue weighted by Crippen LogP contribution is 2.19. The number of nitrogens with zero attached hydrogens (tertiary/aromatic N) is 1. The second-order valence-electron chi connectivity index (χ2n) is 5.65. The molecular weight excluding hydrogens is 236 g/mol. The second-order valence-corrected chi connectivity index (χ2v) is 5.65. The van der Waals surface area contributed by atoms with E-state index in [9.17, 15) is 9.59 Å². The quantitative estimate of drug-likeness (QED) is 0.733. The Morgan fingerprint density at radius 3 is 2.33 bits per heavy atom. The van der Waals surface area contributed by atoms with Crippen molar-refractivity contribution in [1.82, 2.24) is 4.90 Å². The van der Waals surface area contributed by atoms with Crippen molar-refractivity contribution >= 4 is 12.1 Å². The van der Waals surface area contributed by atoms with Crippen LogP contribution in [0, 0.1) is 5.92 Å². The zero-order valence-electron chi connectivity index (χ0n) is 11.2. The molecule has 1 amide bonds. The van der Waals surface area contributed by atoms with Gasteiger partial charge in [0.15, 0.2) is 0 Å². The van der Waals surface area contributed by atoms with Crippen LogP contribution < -0.4 is 5.73 Å². The Morgan fingerprint density at radius 2 is 1.83 bits per heavy atom. The van der Waals surface area contributed by atoms with E-state index >= 15 is 0 Å². The Morgan fingerprint density at radius 1 is 1.28 bits per heavy atom. The van der Waals surface area contributed by atoms with Gasteiger partial charge >= 0.3 is 12.1 Å². The van der Waals surface area contributed by atoms with E-state index in [0.29, 0.717) is 25.9 Å². The molecule has 0 aromatic carbocycles. The van der Waals surface area contributed by atoms with Gasteiger partial charge in [-0.05, 0) is 33.6 Å². The van der Waals surface area contributed by atoms with Gasteiger partial charge in [0.25, 0.3) is 0 Å². The van der Waals surface area contributed by atoms with Crippen LogP contribution >= 0.6 is 0 Å². The van der Waals surface area contributed by atoms with Crippen LogP contribution in [0.3, 0.4) is 0 Å². The van der Waals surface area contributed by atoms with E-state index < -0.39 is 29.6 Å². The first-order valence-corrected chi connectivity index (χ1v) is 6.17. The predicted molar refractivity (Wildman–Crippen MR) is 66.1 cm³/mol. The third-order valence-corrected chi connectivity index (χ3v) is 2.93. The number of rotatable bonds is 1. The average Bonchev–Trinajstić information content (AvgIpc) is 2.37. The molecule has 1 aliphatic rings. The zero-order chi connectivity index (χ0) is 13.9. The van der Waals surface area contributed by atoms with Crippen molar-refractivity contribution in [2.75, 3.05) is 13.1 Å². The Bertz CT molecular complexity index is 325. The summed E-state index contributed by atoms with van der Waals surface area (Å²) in [6, 6.07) is -0.407. The van der Waals surface area contributed by atoms with E-state index in [1.165, 1.54) is 4.90 Å². The fraction of sp³-hybridized carbons (Fsp3) is 0.833. The summed E-state index contributed by atoms with van der Waals surface area (Å²) in [5.41, 5.74) is 5.27. The minimum absolute atomic E-state index is 0.371. The lowest BCUT2D eigenvalue weighted by Gasteiger charge is -2.26. The molecule has 0 radical (unpaired) electrons. The van der Waals surface area contributed by atoms with Gasteiger partial charge in [0.1, 0.15) is 5.60 Å². The van der Waals surface area contributed by atoms with Crippen LogP contribution in [0.5, 0.6) is 0 Å². The lowest BCUT2D eigenvalue weighted by molar-refractivity contribution is -0.142. The molecule has 1 heterocycles. The van der Waals surface area contributed by atoms with Crippen molar-refractivity contribution in [1.29, 1.82) is 0 Å². The number of hydrogen-bond donors (Lipinski definition) is 2. The van der Waals surface area contributed by atoms with Crippen LogP contribution in [0.2, 0.25) is 0 Å². The first kappa shape index (κ1) is 14.8. The first-order valence-electron chi connectivity index (χ1n) is 6.17. The molecule has 0 spiro atoms. The maximum atomic E-state index is 11.9. The minimum atomic E-state index is -0.895. The van der Waals surface area contributed by atoms with Crippen LogP contribution in [0.1, 0.15) is 33.6 Å². The van der Waals surface area contributed by atoms with Gasteiger partial charge in [0, 0.05) is 19.1 Å². The summed E-state index contributed by atoms with van der Waals surface area (Å²) in [5.74, 6) is -1.48.